The second-order valence-corrected chi connectivity index (χ2v) is 11.8. The summed E-state index contributed by atoms with van der Waals surface area (Å²) in [5.41, 5.74) is 14.6. The van der Waals surface area contributed by atoms with Gasteiger partial charge in [-0.3, -0.25) is 9.59 Å². The van der Waals surface area contributed by atoms with Gasteiger partial charge in [-0.05, 0) is 50.2 Å². The molecule has 3 aromatic carbocycles. The summed E-state index contributed by atoms with van der Waals surface area (Å²) in [7, 11) is -9.32. The highest BCUT2D eigenvalue weighted by molar-refractivity contribution is 7.90. The van der Waals surface area contributed by atoms with Crippen LogP contribution >= 0.6 is 0 Å². The van der Waals surface area contributed by atoms with Crippen LogP contribution in [0.25, 0.3) is 0 Å². The summed E-state index contributed by atoms with van der Waals surface area (Å²) in [5.74, 6) is -2.54. The average molecular weight is 589 g/mol. The fourth-order valence-electron chi connectivity index (χ4n) is 3.28. The van der Waals surface area contributed by atoms with Crippen molar-refractivity contribution in [2.45, 2.75) is 23.6 Å². The average Bonchev–Trinajstić information content (AvgIpc) is 2.90. The monoisotopic (exact) mass is 588 g/mol. The van der Waals surface area contributed by atoms with E-state index in [1.165, 1.54) is 60.7 Å². The van der Waals surface area contributed by atoms with E-state index in [1.807, 2.05) is 10.9 Å². The number of rotatable bonds is 6. The van der Waals surface area contributed by atoms with Crippen LogP contribution in [0, 0.1) is 13.8 Å². The number of aryl methyl sites for hydroxylation is 2. The van der Waals surface area contributed by atoms with Gasteiger partial charge in [0.05, 0.1) is 20.9 Å². The molecule has 0 radical (unpaired) electrons. The Balaban J connectivity index is 1.93. The van der Waals surface area contributed by atoms with Gasteiger partial charge in [-0.15, -0.1) is 8.83 Å². The van der Waals surface area contributed by atoms with Gasteiger partial charge >= 0.3 is 12.1 Å². The molecule has 0 fully saturated rings. The second kappa shape index (κ2) is 11.4. The number of benzene rings is 3. The molecule has 6 amide bonds. The molecule has 0 atom stereocenters. The molecule has 0 aromatic heterocycles. The molecular formula is C24H24N6O8S2. The van der Waals surface area contributed by atoms with Gasteiger partial charge in [-0.2, -0.15) is 16.8 Å². The maximum Gasteiger partial charge on any atom is 0.348 e. The van der Waals surface area contributed by atoms with E-state index in [0.29, 0.717) is 0 Å². The molecule has 3 rings (SSSR count). The van der Waals surface area contributed by atoms with E-state index in [9.17, 15) is 36.0 Å². The largest absolute Gasteiger partial charge is 0.349 e. The molecule has 0 saturated heterocycles. The first-order valence-electron chi connectivity index (χ1n) is 11.2. The van der Waals surface area contributed by atoms with Crippen LogP contribution in [0.5, 0.6) is 0 Å². The van der Waals surface area contributed by atoms with Gasteiger partial charge in [0.2, 0.25) is 0 Å². The molecule has 16 heteroatoms. The number of carbonyl (C=O) groups is 4. The van der Waals surface area contributed by atoms with E-state index in [2.05, 4.69) is 0 Å². The summed E-state index contributed by atoms with van der Waals surface area (Å²) in [6.45, 7) is 3.41. The number of hydrazine groups is 2. The first kappa shape index (κ1) is 29.6. The van der Waals surface area contributed by atoms with Crippen molar-refractivity contribution in [2.24, 2.45) is 11.5 Å². The normalized spacial score (nSPS) is 11.2. The van der Waals surface area contributed by atoms with Crippen LogP contribution in [0.4, 0.5) is 9.59 Å². The van der Waals surface area contributed by atoms with Gasteiger partial charge in [0.25, 0.3) is 31.9 Å². The second-order valence-electron chi connectivity index (χ2n) is 8.27. The van der Waals surface area contributed by atoms with E-state index >= 15 is 0 Å². The lowest BCUT2D eigenvalue weighted by Crippen LogP contribution is -2.53. The lowest BCUT2D eigenvalue weighted by atomic mass is 10.1. The van der Waals surface area contributed by atoms with Gasteiger partial charge in [0, 0.05) is 0 Å². The van der Waals surface area contributed by atoms with Crippen molar-refractivity contribution >= 4 is 43.9 Å². The number of carbonyl (C=O) groups excluding carboxylic acids is 4. The number of hydrogen-bond donors (Lipinski definition) is 4. The topological polar surface area (TPSA) is 219 Å². The fourth-order valence-corrected chi connectivity index (χ4v) is 5.54. The Labute approximate surface area is 229 Å². The Kier molecular flexibility index (Phi) is 8.45. The van der Waals surface area contributed by atoms with Crippen molar-refractivity contribution in [1.82, 2.24) is 19.7 Å². The van der Waals surface area contributed by atoms with Gasteiger partial charge in [0.15, 0.2) is 0 Å². The van der Waals surface area contributed by atoms with Crippen LogP contribution in [-0.2, 0) is 20.0 Å². The predicted octanol–water partition coefficient (Wildman–Crippen LogP) is 1.13. The summed E-state index contributed by atoms with van der Waals surface area (Å²) in [6, 6.07) is 12.3. The summed E-state index contributed by atoms with van der Waals surface area (Å²) in [6.07, 6.45) is 0. The molecule has 3 aromatic rings. The molecule has 6 N–H and O–H groups in total. The van der Waals surface area contributed by atoms with E-state index in [1.54, 1.807) is 13.8 Å². The van der Waals surface area contributed by atoms with Crippen molar-refractivity contribution in [3.63, 3.8) is 0 Å². The maximum absolute atomic E-state index is 13.1. The van der Waals surface area contributed by atoms with Crippen LogP contribution in [-0.4, -0.2) is 49.5 Å². The predicted molar refractivity (Wildman–Crippen MR) is 141 cm³/mol. The zero-order valence-electron chi connectivity index (χ0n) is 21.1. The number of sulfonamides is 2. The Morgan fingerprint density at radius 3 is 1.15 bits per heavy atom. The molecule has 210 valence electrons. The minimum Gasteiger partial charge on any atom is -0.349 e. The van der Waals surface area contributed by atoms with Gasteiger partial charge in [-0.1, -0.05) is 47.5 Å². The van der Waals surface area contributed by atoms with E-state index < -0.39 is 55.1 Å². The molecule has 14 nitrogen and oxygen atoms in total. The number of nitrogens with one attached hydrogen (secondary N) is 2. The molecule has 0 aliphatic rings. The quantitative estimate of drug-likeness (QED) is 0.305. The SMILES string of the molecule is Cc1ccc(S(=O)(=O)N(NC(=O)c2ccccc2C(=O)NN(C(N)=O)S(=O)(=O)c2ccc(C)cc2)C(N)=O)cc1. The van der Waals surface area contributed by atoms with Crippen molar-refractivity contribution in [1.29, 1.82) is 0 Å². The first-order chi connectivity index (χ1) is 18.7. The highest BCUT2D eigenvalue weighted by Gasteiger charge is 2.33. The number of amides is 6. The Morgan fingerprint density at radius 1 is 0.575 bits per heavy atom. The van der Waals surface area contributed by atoms with Gasteiger partial charge in [0.1, 0.15) is 0 Å². The molecule has 40 heavy (non-hydrogen) atoms. The molecular weight excluding hydrogens is 564 g/mol. The number of urea groups is 2. The van der Waals surface area contributed by atoms with Gasteiger partial charge in [-0.25, -0.2) is 20.4 Å². The Hall–Kier alpha value is -4.96. The Bertz CT molecular complexity index is 1560. The smallest absolute Gasteiger partial charge is 0.348 e. The lowest BCUT2D eigenvalue weighted by Gasteiger charge is -2.23. The fraction of sp³-hybridized carbons (Fsp3) is 0.0833. The molecule has 0 bridgehead atoms. The van der Waals surface area contributed by atoms with E-state index in [4.69, 9.17) is 11.5 Å². The Morgan fingerprint density at radius 2 is 0.875 bits per heavy atom. The lowest BCUT2D eigenvalue weighted by molar-refractivity contribution is 0.0861. The minimum absolute atomic E-state index is 0.105. The molecule has 0 saturated carbocycles. The van der Waals surface area contributed by atoms with Crippen LogP contribution in [0.2, 0.25) is 0 Å². The molecule has 0 aliphatic carbocycles. The summed E-state index contributed by atoms with van der Waals surface area (Å²) in [4.78, 5) is 49.4. The summed E-state index contributed by atoms with van der Waals surface area (Å²) in [5, 5.41) is 0. The third-order valence-corrected chi connectivity index (χ3v) is 8.58. The number of nitrogens with zero attached hydrogens (tertiary/aromatic N) is 2. The summed E-state index contributed by atoms with van der Waals surface area (Å²) >= 11 is 0. The van der Waals surface area contributed by atoms with E-state index in [0.717, 1.165) is 23.3 Å². The van der Waals surface area contributed by atoms with Crippen molar-refractivity contribution in [3.05, 3.63) is 95.1 Å². The first-order valence-corrected chi connectivity index (χ1v) is 14.1. The van der Waals surface area contributed by atoms with Crippen LogP contribution in [0.3, 0.4) is 0 Å². The summed E-state index contributed by atoms with van der Waals surface area (Å²) < 4.78 is 51.6. The zero-order chi connectivity index (χ0) is 29.8. The third-order valence-electron chi connectivity index (χ3n) is 5.34. The van der Waals surface area contributed by atoms with Crippen LogP contribution < -0.4 is 22.3 Å². The van der Waals surface area contributed by atoms with Crippen molar-refractivity contribution in [3.8, 4) is 0 Å². The maximum atomic E-state index is 13.1. The van der Waals surface area contributed by atoms with Crippen molar-refractivity contribution in [2.75, 3.05) is 0 Å². The van der Waals surface area contributed by atoms with E-state index in [-0.39, 0.29) is 18.6 Å². The van der Waals surface area contributed by atoms with Crippen LogP contribution in [0.1, 0.15) is 31.8 Å². The standard InChI is InChI=1S/C24H24N6O8S2/c1-15-7-11-17(12-8-15)39(35,36)29(23(25)33)27-21(31)19-5-3-4-6-20(19)22(32)28-30(24(26)34)40(37,38)18-13-9-16(2)10-14-18/h3-14H,1-2H3,(H2,25,33)(H2,26,34)(H,27,31)(H,28,32). The van der Waals surface area contributed by atoms with Crippen LogP contribution in [0.15, 0.2) is 82.6 Å². The highest BCUT2D eigenvalue weighted by atomic mass is 32.2. The molecule has 0 spiro atoms. The van der Waals surface area contributed by atoms with Gasteiger partial charge < -0.3 is 11.5 Å². The number of primary amides is 2. The van der Waals surface area contributed by atoms with Crippen molar-refractivity contribution < 1.29 is 36.0 Å². The minimum atomic E-state index is -4.66. The zero-order valence-corrected chi connectivity index (χ0v) is 22.7. The molecule has 0 heterocycles. The number of nitrogens with two attached hydrogens (primary N) is 2. The molecule has 0 unspecified atom stereocenters. The third kappa shape index (κ3) is 6.19. The molecule has 0 aliphatic heterocycles. The highest BCUT2D eigenvalue weighted by Crippen LogP contribution is 2.18. The number of hydrogen-bond acceptors (Lipinski definition) is 8.